The van der Waals surface area contributed by atoms with E-state index in [1.54, 1.807) is 24.3 Å². The van der Waals surface area contributed by atoms with Gasteiger partial charge in [-0.2, -0.15) is 0 Å². The zero-order valence-corrected chi connectivity index (χ0v) is 19.5. The number of likely N-dealkylation sites (tertiary alicyclic amines) is 1. The molecule has 33 heavy (non-hydrogen) atoms. The van der Waals surface area contributed by atoms with Gasteiger partial charge in [-0.05, 0) is 63.0 Å². The summed E-state index contributed by atoms with van der Waals surface area (Å²) >= 11 is 6.16. The summed E-state index contributed by atoms with van der Waals surface area (Å²) in [5, 5.41) is 6.54. The first-order chi connectivity index (χ1) is 16.0. The van der Waals surface area contributed by atoms with E-state index in [1.165, 1.54) is 12.5 Å². The molecule has 2 amide bonds. The van der Waals surface area contributed by atoms with Gasteiger partial charge in [-0.15, -0.1) is 0 Å². The summed E-state index contributed by atoms with van der Waals surface area (Å²) < 4.78 is 14.1. The highest BCUT2D eigenvalue weighted by Gasteiger charge is 2.27. The fourth-order valence-corrected chi connectivity index (χ4v) is 5.02. The molecule has 1 saturated carbocycles. The first-order valence-corrected chi connectivity index (χ1v) is 12.2. The third-order valence-corrected chi connectivity index (χ3v) is 7.13. The standard InChI is InChI=1S/C26H31ClFN3O2/c27-22-10-6-11-23(28)21(22)17-31-15-13-18(14-16-31)25(32)30-24-12-5-4-9-20(24)26(33)29-19-7-2-1-3-8-19/h4-6,9-12,18-19H,1-3,7-8,13-17H2,(H,29,33)(H,30,32). The number of carbonyl (C=O) groups is 2. The van der Waals surface area contributed by atoms with Crippen molar-refractivity contribution in [1.82, 2.24) is 10.2 Å². The van der Waals surface area contributed by atoms with Crippen molar-refractivity contribution < 1.29 is 14.0 Å². The van der Waals surface area contributed by atoms with Crippen LogP contribution in [0.2, 0.25) is 5.02 Å². The van der Waals surface area contributed by atoms with Gasteiger partial charge < -0.3 is 10.6 Å². The van der Waals surface area contributed by atoms with Crippen molar-refractivity contribution in [2.45, 2.75) is 57.5 Å². The number of halogens is 2. The molecule has 2 fully saturated rings. The van der Waals surface area contributed by atoms with Crippen LogP contribution in [0.4, 0.5) is 10.1 Å². The Morgan fingerprint density at radius 1 is 0.970 bits per heavy atom. The van der Waals surface area contributed by atoms with E-state index in [0.29, 0.717) is 54.3 Å². The fourth-order valence-electron chi connectivity index (χ4n) is 4.80. The van der Waals surface area contributed by atoms with Gasteiger partial charge in [0.2, 0.25) is 5.91 Å². The average molecular weight is 472 g/mol. The average Bonchev–Trinajstić information content (AvgIpc) is 2.83. The lowest BCUT2D eigenvalue weighted by Gasteiger charge is -2.31. The molecule has 1 heterocycles. The molecule has 0 unspecified atom stereocenters. The van der Waals surface area contributed by atoms with Crippen LogP contribution in [0.1, 0.15) is 60.9 Å². The van der Waals surface area contributed by atoms with Crippen LogP contribution in [0, 0.1) is 11.7 Å². The molecule has 1 aliphatic carbocycles. The quantitative estimate of drug-likeness (QED) is 0.593. The van der Waals surface area contributed by atoms with Gasteiger partial charge in [0, 0.05) is 29.1 Å². The number of nitrogens with one attached hydrogen (secondary N) is 2. The number of piperidine rings is 1. The molecule has 1 saturated heterocycles. The zero-order valence-electron chi connectivity index (χ0n) is 18.8. The largest absolute Gasteiger partial charge is 0.349 e. The van der Waals surface area contributed by atoms with Crippen molar-refractivity contribution in [3.05, 3.63) is 64.4 Å². The van der Waals surface area contributed by atoms with Gasteiger partial charge in [-0.25, -0.2) is 4.39 Å². The number of nitrogens with zero attached hydrogens (tertiary/aromatic N) is 1. The summed E-state index contributed by atoms with van der Waals surface area (Å²) in [5.74, 6) is -0.650. The van der Waals surface area contributed by atoms with Crippen molar-refractivity contribution in [2.75, 3.05) is 18.4 Å². The number of hydrogen-bond donors (Lipinski definition) is 2. The molecule has 5 nitrogen and oxygen atoms in total. The highest BCUT2D eigenvalue weighted by atomic mass is 35.5. The summed E-state index contributed by atoms with van der Waals surface area (Å²) in [5.41, 5.74) is 1.56. The SMILES string of the molecule is O=C(NC1CCCCC1)c1ccccc1NC(=O)C1CCN(Cc2c(F)cccc2Cl)CC1. The number of carbonyl (C=O) groups excluding carboxylic acids is 2. The first-order valence-electron chi connectivity index (χ1n) is 11.9. The minimum atomic E-state index is -0.300. The van der Waals surface area contributed by atoms with Crippen LogP contribution >= 0.6 is 11.6 Å². The molecule has 0 bridgehead atoms. The molecule has 0 spiro atoms. The third-order valence-electron chi connectivity index (χ3n) is 6.77. The van der Waals surface area contributed by atoms with Gasteiger partial charge in [-0.1, -0.05) is 49.1 Å². The third kappa shape index (κ3) is 6.12. The Morgan fingerprint density at radius 3 is 2.42 bits per heavy atom. The second kappa shape index (κ2) is 11.1. The lowest BCUT2D eigenvalue weighted by atomic mass is 9.94. The molecule has 0 atom stereocenters. The molecular formula is C26H31ClFN3O2. The van der Waals surface area contributed by atoms with Crippen LogP contribution in [0.5, 0.6) is 0 Å². The smallest absolute Gasteiger partial charge is 0.253 e. The van der Waals surface area contributed by atoms with Crippen molar-refractivity contribution in [2.24, 2.45) is 5.92 Å². The Morgan fingerprint density at radius 2 is 1.70 bits per heavy atom. The van der Waals surface area contributed by atoms with E-state index >= 15 is 0 Å². The second-order valence-electron chi connectivity index (χ2n) is 9.09. The van der Waals surface area contributed by atoms with Gasteiger partial charge in [0.25, 0.3) is 5.91 Å². The second-order valence-corrected chi connectivity index (χ2v) is 9.50. The Bertz CT molecular complexity index is 965. The first kappa shape index (κ1) is 23.7. The summed E-state index contributed by atoms with van der Waals surface area (Å²) in [4.78, 5) is 27.9. The highest BCUT2D eigenvalue weighted by molar-refractivity contribution is 6.31. The summed E-state index contributed by atoms with van der Waals surface area (Å²) in [7, 11) is 0. The molecule has 176 valence electrons. The normalized spacial score (nSPS) is 18.1. The molecule has 2 N–H and O–H groups in total. The Kier molecular flexibility index (Phi) is 7.99. The highest BCUT2D eigenvalue weighted by Crippen LogP contribution is 2.26. The topological polar surface area (TPSA) is 61.4 Å². The Labute approximate surface area is 199 Å². The summed E-state index contributed by atoms with van der Waals surface area (Å²) in [6, 6.07) is 12.1. The van der Waals surface area contributed by atoms with Gasteiger partial charge >= 0.3 is 0 Å². The Hall–Kier alpha value is -2.44. The van der Waals surface area contributed by atoms with Crippen LogP contribution in [0.3, 0.4) is 0 Å². The molecule has 2 aromatic carbocycles. The van der Waals surface area contributed by atoms with Gasteiger partial charge in [0.15, 0.2) is 0 Å². The van der Waals surface area contributed by atoms with E-state index in [-0.39, 0.29) is 29.6 Å². The van der Waals surface area contributed by atoms with E-state index in [4.69, 9.17) is 11.6 Å². The van der Waals surface area contributed by atoms with Crippen LogP contribution in [-0.2, 0) is 11.3 Å². The molecule has 4 rings (SSSR count). The fraction of sp³-hybridized carbons (Fsp3) is 0.462. The molecule has 2 aliphatic rings. The van der Waals surface area contributed by atoms with Gasteiger partial charge in [-0.3, -0.25) is 14.5 Å². The lowest BCUT2D eigenvalue weighted by molar-refractivity contribution is -0.121. The van der Waals surface area contributed by atoms with E-state index in [1.807, 2.05) is 12.1 Å². The number of para-hydroxylation sites is 1. The maximum atomic E-state index is 14.1. The summed E-state index contributed by atoms with van der Waals surface area (Å²) in [6.07, 6.45) is 6.89. The van der Waals surface area contributed by atoms with Crippen LogP contribution < -0.4 is 10.6 Å². The van der Waals surface area contributed by atoms with E-state index in [2.05, 4.69) is 15.5 Å². The predicted molar refractivity (Wildman–Crippen MR) is 129 cm³/mol. The molecule has 1 aliphatic heterocycles. The number of benzene rings is 2. The minimum Gasteiger partial charge on any atom is -0.349 e. The molecule has 2 aromatic rings. The van der Waals surface area contributed by atoms with E-state index in [9.17, 15) is 14.0 Å². The predicted octanol–water partition coefficient (Wildman–Crippen LogP) is 5.39. The van der Waals surface area contributed by atoms with Crippen molar-refractivity contribution in [3.63, 3.8) is 0 Å². The van der Waals surface area contributed by atoms with Gasteiger partial charge in [0.1, 0.15) is 5.82 Å². The van der Waals surface area contributed by atoms with Gasteiger partial charge in [0.05, 0.1) is 11.3 Å². The van der Waals surface area contributed by atoms with E-state index in [0.717, 1.165) is 25.7 Å². The zero-order chi connectivity index (χ0) is 23.2. The number of hydrogen-bond acceptors (Lipinski definition) is 3. The number of anilines is 1. The maximum absolute atomic E-state index is 14.1. The van der Waals surface area contributed by atoms with E-state index < -0.39 is 0 Å². The molecule has 0 aromatic heterocycles. The Balaban J connectivity index is 1.32. The number of rotatable bonds is 6. The molecule has 0 radical (unpaired) electrons. The van der Waals surface area contributed by atoms with Crippen LogP contribution in [-0.4, -0.2) is 35.8 Å². The maximum Gasteiger partial charge on any atom is 0.253 e. The number of amides is 2. The summed E-state index contributed by atoms with van der Waals surface area (Å²) in [6.45, 7) is 1.81. The lowest BCUT2D eigenvalue weighted by Crippen LogP contribution is -2.39. The van der Waals surface area contributed by atoms with Crippen LogP contribution in [0.15, 0.2) is 42.5 Å². The molecular weight excluding hydrogens is 441 g/mol. The molecule has 7 heteroatoms. The monoisotopic (exact) mass is 471 g/mol. The van der Waals surface area contributed by atoms with Crippen LogP contribution in [0.25, 0.3) is 0 Å². The van der Waals surface area contributed by atoms with Crippen molar-refractivity contribution in [1.29, 1.82) is 0 Å². The van der Waals surface area contributed by atoms with Crippen molar-refractivity contribution >= 4 is 29.1 Å². The van der Waals surface area contributed by atoms with Crippen molar-refractivity contribution in [3.8, 4) is 0 Å². The minimum absolute atomic E-state index is 0.0727.